The Labute approximate surface area is 188 Å². The van der Waals surface area contributed by atoms with Gasteiger partial charge in [-0.2, -0.15) is 0 Å². The summed E-state index contributed by atoms with van der Waals surface area (Å²) in [6.45, 7) is 12.0. The Bertz CT molecular complexity index is 341. The number of aliphatic hydroxyl groups is 1. The topological polar surface area (TPSA) is 82.3 Å². The van der Waals surface area contributed by atoms with Crippen molar-refractivity contribution >= 4 is 0 Å². The van der Waals surface area contributed by atoms with E-state index in [2.05, 4.69) is 36.7 Å². The van der Waals surface area contributed by atoms with Gasteiger partial charge in [-0.15, -0.1) is 0 Å². The molecule has 0 aliphatic rings. The van der Waals surface area contributed by atoms with Crippen molar-refractivity contribution < 1.29 is 5.11 Å². The summed E-state index contributed by atoms with van der Waals surface area (Å²) in [7, 11) is 0. The molecule has 0 saturated carbocycles. The molecule has 0 saturated heterocycles. The minimum Gasteiger partial charge on any atom is -0.392 e. The van der Waals surface area contributed by atoms with E-state index in [9.17, 15) is 5.11 Å². The molecular formula is C25H56N4O. The van der Waals surface area contributed by atoms with E-state index in [0.717, 1.165) is 32.5 Å². The molecule has 182 valence electrons. The van der Waals surface area contributed by atoms with E-state index in [1.165, 1.54) is 70.6 Å². The summed E-state index contributed by atoms with van der Waals surface area (Å²) in [6.07, 6.45) is 17.1. The van der Waals surface area contributed by atoms with E-state index in [1.807, 2.05) is 6.92 Å². The smallest absolute Gasteiger partial charge is 0.0664 e. The van der Waals surface area contributed by atoms with Crippen molar-refractivity contribution in [3.8, 4) is 0 Å². The Morgan fingerprint density at radius 2 is 1.10 bits per heavy atom. The predicted octanol–water partition coefficient (Wildman–Crippen LogP) is 4.33. The molecule has 5 nitrogen and oxygen atoms in total. The molecular weight excluding hydrogens is 372 g/mol. The van der Waals surface area contributed by atoms with Crippen LogP contribution in [0.4, 0.5) is 0 Å². The maximum atomic E-state index is 10.2. The Balaban J connectivity index is 3.38. The van der Waals surface area contributed by atoms with Crippen LogP contribution < -0.4 is 21.7 Å². The fraction of sp³-hybridized carbons (Fsp3) is 1.00. The van der Waals surface area contributed by atoms with Crippen LogP contribution >= 0.6 is 0 Å². The van der Waals surface area contributed by atoms with Gasteiger partial charge in [-0.1, -0.05) is 84.0 Å². The second kappa shape index (κ2) is 22.0. The zero-order chi connectivity index (χ0) is 22.5. The van der Waals surface area contributed by atoms with E-state index in [-0.39, 0.29) is 12.1 Å². The normalized spacial score (nSPS) is 15.8. The zero-order valence-corrected chi connectivity index (χ0v) is 20.9. The van der Waals surface area contributed by atoms with Crippen LogP contribution in [0.25, 0.3) is 0 Å². The van der Waals surface area contributed by atoms with Gasteiger partial charge < -0.3 is 26.8 Å². The SMILES string of the molecule is CCCCCCCCCCCCCCC(O)CNCC(C)NCC(C)NCC(C)N. The van der Waals surface area contributed by atoms with Crippen molar-refractivity contribution in [2.45, 2.75) is 135 Å². The Morgan fingerprint density at radius 1 is 0.633 bits per heavy atom. The van der Waals surface area contributed by atoms with Gasteiger partial charge in [0.25, 0.3) is 0 Å². The number of rotatable bonds is 23. The lowest BCUT2D eigenvalue weighted by molar-refractivity contribution is 0.157. The van der Waals surface area contributed by atoms with Gasteiger partial charge in [0.2, 0.25) is 0 Å². The standard InChI is InChI=1S/C25H56N4O/c1-5-6-7-8-9-10-11-12-13-14-15-16-17-25(30)21-27-19-23(3)29-20-24(4)28-18-22(2)26/h22-25,27-30H,5-21,26H2,1-4H3. The highest BCUT2D eigenvalue weighted by Crippen LogP contribution is 2.12. The summed E-state index contributed by atoms with van der Waals surface area (Å²) >= 11 is 0. The highest BCUT2D eigenvalue weighted by Gasteiger charge is 2.08. The third-order valence-corrected chi connectivity index (χ3v) is 5.78. The largest absolute Gasteiger partial charge is 0.392 e. The van der Waals surface area contributed by atoms with Crippen LogP contribution in [0, 0.1) is 0 Å². The minimum absolute atomic E-state index is 0.193. The predicted molar refractivity (Wildman–Crippen MR) is 133 cm³/mol. The summed E-state index contributed by atoms with van der Waals surface area (Å²) < 4.78 is 0. The van der Waals surface area contributed by atoms with Gasteiger partial charge in [-0.25, -0.2) is 0 Å². The van der Waals surface area contributed by atoms with Crippen molar-refractivity contribution in [2.75, 3.05) is 26.2 Å². The highest BCUT2D eigenvalue weighted by atomic mass is 16.3. The van der Waals surface area contributed by atoms with E-state index in [1.54, 1.807) is 0 Å². The average Bonchev–Trinajstić information content (AvgIpc) is 2.71. The Hall–Kier alpha value is -0.200. The molecule has 4 unspecified atom stereocenters. The van der Waals surface area contributed by atoms with Crippen molar-refractivity contribution in [2.24, 2.45) is 5.73 Å². The van der Waals surface area contributed by atoms with Crippen molar-refractivity contribution in [1.82, 2.24) is 16.0 Å². The molecule has 0 aliphatic heterocycles. The van der Waals surface area contributed by atoms with Gasteiger partial charge in [-0.05, 0) is 27.2 Å². The third kappa shape index (κ3) is 22.5. The first-order valence-electron chi connectivity index (χ1n) is 13.1. The van der Waals surface area contributed by atoms with Gasteiger partial charge in [-0.3, -0.25) is 0 Å². The maximum absolute atomic E-state index is 10.2. The van der Waals surface area contributed by atoms with Crippen molar-refractivity contribution in [3.05, 3.63) is 0 Å². The van der Waals surface area contributed by atoms with Crippen LogP contribution in [0.3, 0.4) is 0 Å². The van der Waals surface area contributed by atoms with Crippen LogP contribution in [0.2, 0.25) is 0 Å². The number of hydrogen-bond acceptors (Lipinski definition) is 5. The van der Waals surface area contributed by atoms with E-state index < -0.39 is 0 Å². The van der Waals surface area contributed by atoms with Gasteiger partial charge >= 0.3 is 0 Å². The van der Waals surface area contributed by atoms with Crippen LogP contribution in [0.15, 0.2) is 0 Å². The molecule has 0 aromatic carbocycles. The molecule has 0 fully saturated rings. The monoisotopic (exact) mass is 428 g/mol. The molecule has 0 aromatic heterocycles. The number of unbranched alkanes of at least 4 members (excludes halogenated alkanes) is 11. The lowest BCUT2D eigenvalue weighted by atomic mass is 10.0. The van der Waals surface area contributed by atoms with E-state index in [4.69, 9.17) is 5.73 Å². The minimum atomic E-state index is -0.216. The molecule has 0 spiro atoms. The molecule has 0 aliphatic carbocycles. The summed E-state index contributed by atoms with van der Waals surface area (Å²) in [5.74, 6) is 0. The van der Waals surface area contributed by atoms with Crippen molar-refractivity contribution in [3.63, 3.8) is 0 Å². The molecule has 0 bridgehead atoms. The zero-order valence-electron chi connectivity index (χ0n) is 20.9. The quantitative estimate of drug-likeness (QED) is 0.156. The van der Waals surface area contributed by atoms with E-state index in [0.29, 0.717) is 18.6 Å². The molecule has 0 amide bonds. The fourth-order valence-electron chi connectivity index (χ4n) is 3.70. The number of hydrogen-bond donors (Lipinski definition) is 5. The Morgan fingerprint density at radius 3 is 1.63 bits per heavy atom. The van der Waals surface area contributed by atoms with Gasteiger partial charge in [0.05, 0.1) is 6.10 Å². The molecule has 6 N–H and O–H groups in total. The molecule has 4 atom stereocenters. The molecule has 0 heterocycles. The molecule has 0 aromatic rings. The van der Waals surface area contributed by atoms with Crippen LogP contribution in [-0.4, -0.2) is 55.5 Å². The van der Waals surface area contributed by atoms with Crippen LogP contribution in [0.1, 0.15) is 111 Å². The average molecular weight is 429 g/mol. The molecule has 0 radical (unpaired) electrons. The van der Waals surface area contributed by atoms with Crippen LogP contribution in [0.5, 0.6) is 0 Å². The first kappa shape index (κ1) is 29.8. The van der Waals surface area contributed by atoms with Gasteiger partial charge in [0.15, 0.2) is 0 Å². The summed E-state index contributed by atoms with van der Waals surface area (Å²) in [6, 6.07) is 0.997. The third-order valence-electron chi connectivity index (χ3n) is 5.78. The summed E-state index contributed by atoms with van der Waals surface area (Å²) in [5.41, 5.74) is 5.77. The lowest BCUT2D eigenvalue weighted by Gasteiger charge is -2.20. The van der Waals surface area contributed by atoms with Crippen molar-refractivity contribution in [1.29, 1.82) is 0 Å². The number of nitrogens with one attached hydrogen (secondary N) is 3. The number of nitrogens with two attached hydrogens (primary N) is 1. The molecule has 5 heteroatoms. The molecule has 0 rings (SSSR count). The fourth-order valence-corrected chi connectivity index (χ4v) is 3.70. The van der Waals surface area contributed by atoms with Gasteiger partial charge in [0.1, 0.15) is 0 Å². The second-order valence-electron chi connectivity index (χ2n) is 9.59. The lowest BCUT2D eigenvalue weighted by Crippen LogP contribution is -2.46. The maximum Gasteiger partial charge on any atom is 0.0664 e. The number of aliphatic hydroxyl groups excluding tert-OH is 1. The molecule has 30 heavy (non-hydrogen) atoms. The van der Waals surface area contributed by atoms with Crippen LogP contribution in [-0.2, 0) is 0 Å². The summed E-state index contributed by atoms with van der Waals surface area (Å²) in [4.78, 5) is 0. The first-order valence-corrected chi connectivity index (χ1v) is 13.1. The Kier molecular flexibility index (Phi) is 21.9. The highest BCUT2D eigenvalue weighted by molar-refractivity contribution is 4.72. The van der Waals surface area contributed by atoms with E-state index >= 15 is 0 Å². The summed E-state index contributed by atoms with van der Waals surface area (Å²) in [5, 5.41) is 20.5. The van der Waals surface area contributed by atoms with Gasteiger partial charge in [0, 0.05) is 44.3 Å². The second-order valence-corrected chi connectivity index (χ2v) is 9.59. The first-order chi connectivity index (χ1) is 14.5.